The molecule has 4 nitrogen and oxygen atoms in total. The smallest absolute Gasteiger partial charge is 0.0640 e. The highest BCUT2D eigenvalue weighted by Gasteiger charge is 2.08. The molecule has 2 N–H and O–H groups in total. The third-order valence-corrected chi connectivity index (χ3v) is 2.62. The highest BCUT2D eigenvalue weighted by molar-refractivity contribution is 5.59. The lowest BCUT2D eigenvalue weighted by Gasteiger charge is -2.25. The van der Waals surface area contributed by atoms with Gasteiger partial charge in [0.1, 0.15) is 0 Å². The summed E-state index contributed by atoms with van der Waals surface area (Å²) in [4.78, 5) is 2.15. The Morgan fingerprint density at radius 3 is 2.76 bits per heavy atom. The van der Waals surface area contributed by atoms with Gasteiger partial charge in [0.2, 0.25) is 0 Å². The molecule has 17 heavy (non-hydrogen) atoms. The van der Waals surface area contributed by atoms with E-state index >= 15 is 0 Å². The summed E-state index contributed by atoms with van der Waals surface area (Å²) in [5.41, 5.74) is 8.74. The van der Waals surface area contributed by atoms with Gasteiger partial charge < -0.3 is 15.4 Å². The molecule has 0 fully saturated rings. The molecule has 1 aromatic carbocycles. The zero-order valence-corrected chi connectivity index (χ0v) is 10.4. The van der Waals surface area contributed by atoms with Gasteiger partial charge in [0.15, 0.2) is 0 Å². The van der Waals surface area contributed by atoms with Gasteiger partial charge in [-0.05, 0) is 30.7 Å². The van der Waals surface area contributed by atoms with E-state index in [4.69, 9.17) is 15.7 Å². The van der Waals surface area contributed by atoms with Crippen molar-refractivity contribution in [3.8, 4) is 6.07 Å². The van der Waals surface area contributed by atoms with E-state index in [1.165, 1.54) is 0 Å². The Balaban J connectivity index is 2.83. The Hall–Kier alpha value is -1.73. The van der Waals surface area contributed by atoms with Crippen LogP contribution in [-0.4, -0.2) is 26.8 Å². The Morgan fingerprint density at radius 2 is 2.18 bits per heavy atom. The number of methoxy groups -OCH3 is 1. The summed E-state index contributed by atoms with van der Waals surface area (Å²) in [6, 6.07) is 8.00. The van der Waals surface area contributed by atoms with E-state index in [1.807, 2.05) is 25.1 Å². The Labute approximate surface area is 103 Å². The highest BCUT2D eigenvalue weighted by Crippen LogP contribution is 2.22. The van der Waals surface area contributed by atoms with Crippen molar-refractivity contribution >= 4 is 11.4 Å². The molecule has 92 valence electrons. The molecule has 0 bridgehead atoms. The summed E-state index contributed by atoms with van der Waals surface area (Å²) in [6.07, 6.45) is 0.507. The van der Waals surface area contributed by atoms with Crippen LogP contribution in [0.2, 0.25) is 0 Å². The van der Waals surface area contributed by atoms with Crippen molar-refractivity contribution in [3.63, 3.8) is 0 Å². The number of nitrogens with zero attached hydrogens (tertiary/aromatic N) is 2. The SMILES string of the molecule is COCCN(CCC#N)c1ccc(N)cc1C. The second-order valence-electron chi connectivity index (χ2n) is 3.93. The largest absolute Gasteiger partial charge is 0.399 e. The maximum Gasteiger partial charge on any atom is 0.0640 e. The van der Waals surface area contributed by atoms with Crippen LogP contribution in [0.25, 0.3) is 0 Å². The molecule has 0 unspecified atom stereocenters. The van der Waals surface area contributed by atoms with Crippen LogP contribution in [0.15, 0.2) is 18.2 Å². The van der Waals surface area contributed by atoms with Crippen LogP contribution in [0.5, 0.6) is 0 Å². The molecule has 0 radical (unpaired) electrons. The zero-order chi connectivity index (χ0) is 12.7. The lowest BCUT2D eigenvalue weighted by molar-refractivity contribution is 0.205. The first kappa shape index (κ1) is 13.3. The summed E-state index contributed by atoms with van der Waals surface area (Å²) in [5, 5.41) is 8.67. The normalized spacial score (nSPS) is 9.94. The second-order valence-corrected chi connectivity index (χ2v) is 3.93. The molecule has 4 heteroatoms. The fourth-order valence-electron chi connectivity index (χ4n) is 1.77. The third kappa shape index (κ3) is 3.97. The Kier molecular flexibility index (Phi) is 5.31. The van der Waals surface area contributed by atoms with Crippen LogP contribution in [-0.2, 0) is 4.74 Å². The first-order valence-corrected chi connectivity index (χ1v) is 5.66. The van der Waals surface area contributed by atoms with Crippen molar-refractivity contribution in [2.75, 3.05) is 37.4 Å². The van der Waals surface area contributed by atoms with Crippen molar-refractivity contribution in [2.24, 2.45) is 0 Å². The lowest BCUT2D eigenvalue weighted by atomic mass is 10.1. The van der Waals surface area contributed by atoms with Crippen LogP contribution in [0, 0.1) is 18.3 Å². The van der Waals surface area contributed by atoms with E-state index in [0.29, 0.717) is 19.6 Å². The van der Waals surface area contributed by atoms with Gasteiger partial charge >= 0.3 is 0 Å². The van der Waals surface area contributed by atoms with Crippen LogP contribution in [0.4, 0.5) is 11.4 Å². The number of ether oxygens (including phenoxy) is 1. The Bertz CT molecular complexity index is 398. The molecule has 0 spiro atoms. The van der Waals surface area contributed by atoms with Gasteiger partial charge in [-0.2, -0.15) is 5.26 Å². The molecule has 1 aromatic rings. The molecule has 0 aliphatic heterocycles. The molecule has 0 saturated carbocycles. The topological polar surface area (TPSA) is 62.3 Å². The van der Waals surface area contributed by atoms with Crippen molar-refractivity contribution in [3.05, 3.63) is 23.8 Å². The van der Waals surface area contributed by atoms with Gasteiger partial charge in [-0.15, -0.1) is 0 Å². The maximum absolute atomic E-state index is 8.67. The first-order valence-electron chi connectivity index (χ1n) is 5.66. The fourth-order valence-corrected chi connectivity index (χ4v) is 1.77. The standard InChI is InChI=1S/C13H19N3O/c1-11-10-12(15)4-5-13(11)16(7-3-6-14)8-9-17-2/h4-5,10H,3,7-9,15H2,1-2H3. The number of hydrogen-bond acceptors (Lipinski definition) is 4. The quantitative estimate of drug-likeness (QED) is 0.763. The zero-order valence-electron chi connectivity index (χ0n) is 10.4. The third-order valence-electron chi connectivity index (χ3n) is 2.62. The van der Waals surface area contributed by atoms with Crippen molar-refractivity contribution in [1.29, 1.82) is 5.26 Å². The molecule has 0 heterocycles. The summed E-state index contributed by atoms with van der Waals surface area (Å²) in [7, 11) is 1.68. The van der Waals surface area contributed by atoms with Gasteiger partial charge in [0.25, 0.3) is 0 Å². The minimum Gasteiger partial charge on any atom is -0.399 e. The molecular weight excluding hydrogens is 214 g/mol. The highest BCUT2D eigenvalue weighted by atomic mass is 16.5. The van der Waals surface area contributed by atoms with Gasteiger partial charge in [-0.25, -0.2) is 0 Å². The molecular formula is C13H19N3O. The molecule has 0 atom stereocenters. The maximum atomic E-state index is 8.67. The second kappa shape index (κ2) is 6.77. The average Bonchev–Trinajstić information content (AvgIpc) is 2.30. The van der Waals surface area contributed by atoms with E-state index in [2.05, 4.69) is 11.0 Å². The van der Waals surface area contributed by atoms with Gasteiger partial charge in [-0.1, -0.05) is 0 Å². The summed E-state index contributed by atoms with van der Waals surface area (Å²) in [6.45, 7) is 4.17. The molecule has 1 rings (SSSR count). The van der Waals surface area contributed by atoms with E-state index in [1.54, 1.807) is 7.11 Å². The van der Waals surface area contributed by atoms with E-state index < -0.39 is 0 Å². The number of nitrogens with two attached hydrogens (primary N) is 1. The van der Waals surface area contributed by atoms with Crippen molar-refractivity contribution in [1.82, 2.24) is 0 Å². The minimum atomic E-state index is 0.507. The molecule has 0 saturated heterocycles. The molecule has 0 aromatic heterocycles. The van der Waals surface area contributed by atoms with Crippen LogP contribution < -0.4 is 10.6 Å². The minimum absolute atomic E-state index is 0.507. The van der Waals surface area contributed by atoms with Crippen molar-refractivity contribution in [2.45, 2.75) is 13.3 Å². The molecule has 0 aliphatic rings. The number of hydrogen-bond donors (Lipinski definition) is 1. The Morgan fingerprint density at radius 1 is 1.41 bits per heavy atom. The summed E-state index contributed by atoms with van der Waals surface area (Å²) >= 11 is 0. The molecule has 0 aliphatic carbocycles. The number of rotatable bonds is 6. The fraction of sp³-hybridized carbons (Fsp3) is 0.462. The monoisotopic (exact) mass is 233 g/mol. The van der Waals surface area contributed by atoms with E-state index in [-0.39, 0.29) is 0 Å². The van der Waals surface area contributed by atoms with Gasteiger partial charge in [0, 0.05) is 31.6 Å². The lowest BCUT2D eigenvalue weighted by Crippen LogP contribution is -2.28. The van der Waals surface area contributed by atoms with Crippen LogP contribution in [0.3, 0.4) is 0 Å². The van der Waals surface area contributed by atoms with E-state index in [0.717, 1.165) is 23.5 Å². The molecule has 0 amide bonds. The predicted octanol–water partition coefficient (Wildman–Crippen LogP) is 1.94. The van der Waals surface area contributed by atoms with Gasteiger partial charge in [0.05, 0.1) is 19.1 Å². The summed E-state index contributed by atoms with van der Waals surface area (Å²) in [5.74, 6) is 0. The van der Waals surface area contributed by atoms with E-state index in [9.17, 15) is 0 Å². The number of benzene rings is 1. The van der Waals surface area contributed by atoms with Crippen LogP contribution >= 0.6 is 0 Å². The average molecular weight is 233 g/mol. The van der Waals surface area contributed by atoms with Crippen LogP contribution in [0.1, 0.15) is 12.0 Å². The number of nitriles is 1. The number of anilines is 2. The predicted molar refractivity (Wildman–Crippen MR) is 69.9 cm³/mol. The number of nitrogen functional groups attached to an aromatic ring is 1. The van der Waals surface area contributed by atoms with Crippen molar-refractivity contribution < 1.29 is 4.74 Å². The number of aryl methyl sites for hydroxylation is 1. The first-order chi connectivity index (χ1) is 8.19. The summed E-state index contributed by atoms with van der Waals surface area (Å²) < 4.78 is 5.09. The van der Waals surface area contributed by atoms with Gasteiger partial charge in [-0.3, -0.25) is 0 Å².